The molecule has 0 radical (unpaired) electrons. The van der Waals surface area contributed by atoms with Gasteiger partial charge in [-0.15, -0.1) is 0 Å². The maximum atomic E-state index is 12.4. The van der Waals surface area contributed by atoms with Gasteiger partial charge in [-0.05, 0) is 24.1 Å². The largest absolute Gasteiger partial charge is 0.326 e. The van der Waals surface area contributed by atoms with Crippen molar-refractivity contribution >= 4 is 17.3 Å². The first-order chi connectivity index (χ1) is 14.1. The van der Waals surface area contributed by atoms with Crippen LogP contribution in [0.5, 0.6) is 0 Å². The minimum Gasteiger partial charge on any atom is -0.326 e. The van der Waals surface area contributed by atoms with Gasteiger partial charge < -0.3 is 10.6 Å². The van der Waals surface area contributed by atoms with Gasteiger partial charge >= 0.3 is 0 Å². The summed E-state index contributed by atoms with van der Waals surface area (Å²) in [6, 6.07) is 24.8. The van der Waals surface area contributed by atoms with Gasteiger partial charge in [0.15, 0.2) is 0 Å². The molecular weight excluding hydrogens is 366 g/mol. The fourth-order valence-corrected chi connectivity index (χ4v) is 3.22. The van der Waals surface area contributed by atoms with Crippen molar-refractivity contribution in [1.29, 1.82) is 0 Å². The molecule has 0 spiro atoms. The summed E-state index contributed by atoms with van der Waals surface area (Å²) in [7, 11) is 0. The highest BCUT2D eigenvalue weighted by molar-refractivity contribution is 5.92. The summed E-state index contributed by atoms with van der Waals surface area (Å²) in [5, 5.41) is 17.3. The topological polar surface area (TPSA) is 84.3 Å². The molecule has 0 bridgehead atoms. The number of hydrogen-bond acceptors (Lipinski definition) is 4. The summed E-state index contributed by atoms with van der Waals surface area (Å²) < 4.78 is 0. The van der Waals surface area contributed by atoms with Crippen LogP contribution >= 0.6 is 0 Å². The highest BCUT2D eigenvalue weighted by Gasteiger charge is 2.16. The molecule has 29 heavy (non-hydrogen) atoms. The molecule has 148 valence electrons. The van der Waals surface area contributed by atoms with Crippen LogP contribution in [0.1, 0.15) is 29.2 Å². The summed E-state index contributed by atoms with van der Waals surface area (Å²) in [6.07, 6.45) is 0.248. The predicted octanol–water partition coefficient (Wildman–Crippen LogP) is 4.61. The molecular formula is C23H23N3O3. The average molecular weight is 389 g/mol. The van der Waals surface area contributed by atoms with E-state index in [0.717, 1.165) is 11.1 Å². The second-order valence-electron chi connectivity index (χ2n) is 6.71. The average Bonchev–Trinajstić information content (AvgIpc) is 2.74. The fourth-order valence-electron chi connectivity index (χ4n) is 3.22. The van der Waals surface area contributed by atoms with Gasteiger partial charge in [-0.3, -0.25) is 14.9 Å². The van der Waals surface area contributed by atoms with Gasteiger partial charge in [-0.1, -0.05) is 66.7 Å². The van der Waals surface area contributed by atoms with E-state index in [0.29, 0.717) is 17.8 Å². The maximum Gasteiger partial charge on any atom is 0.274 e. The Labute approximate surface area is 169 Å². The van der Waals surface area contributed by atoms with Gasteiger partial charge in [0.25, 0.3) is 5.69 Å². The minimum absolute atomic E-state index is 0.00542. The van der Waals surface area contributed by atoms with Crippen LogP contribution in [0.15, 0.2) is 78.9 Å². The molecule has 0 aromatic heterocycles. The third kappa shape index (κ3) is 5.27. The Hall–Kier alpha value is -3.51. The van der Waals surface area contributed by atoms with Crippen LogP contribution in [0, 0.1) is 17.0 Å². The van der Waals surface area contributed by atoms with Crippen LogP contribution in [-0.2, 0) is 4.79 Å². The van der Waals surface area contributed by atoms with E-state index >= 15 is 0 Å². The molecule has 0 saturated carbocycles. The van der Waals surface area contributed by atoms with Crippen molar-refractivity contribution < 1.29 is 9.72 Å². The van der Waals surface area contributed by atoms with Crippen LogP contribution in [0.2, 0.25) is 0 Å². The van der Waals surface area contributed by atoms with Gasteiger partial charge in [0.05, 0.1) is 22.2 Å². The van der Waals surface area contributed by atoms with E-state index in [-0.39, 0.29) is 24.1 Å². The summed E-state index contributed by atoms with van der Waals surface area (Å²) in [5.41, 5.74) is 3.15. The van der Waals surface area contributed by atoms with Crippen LogP contribution in [0.3, 0.4) is 0 Å². The van der Waals surface area contributed by atoms with E-state index in [1.165, 1.54) is 6.07 Å². The Morgan fingerprint density at radius 2 is 1.52 bits per heavy atom. The number of hydrogen-bond donors (Lipinski definition) is 2. The summed E-state index contributed by atoms with van der Waals surface area (Å²) in [4.78, 5) is 23.0. The molecule has 0 saturated heterocycles. The Balaban J connectivity index is 1.64. The molecule has 3 rings (SSSR count). The van der Waals surface area contributed by atoms with Crippen molar-refractivity contribution in [1.82, 2.24) is 5.32 Å². The van der Waals surface area contributed by atoms with Gasteiger partial charge in [-0.2, -0.15) is 0 Å². The molecule has 0 aliphatic carbocycles. The Bertz CT molecular complexity index is 936. The summed E-state index contributed by atoms with van der Waals surface area (Å²) in [6.45, 7) is 2.10. The molecule has 0 aliphatic rings. The van der Waals surface area contributed by atoms with E-state index in [1.54, 1.807) is 19.1 Å². The maximum absolute atomic E-state index is 12.4. The number of nitrogens with zero attached hydrogens (tertiary/aromatic N) is 1. The van der Waals surface area contributed by atoms with Crippen molar-refractivity contribution in [3.63, 3.8) is 0 Å². The number of anilines is 1. The van der Waals surface area contributed by atoms with E-state index in [1.807, 2.05) is 36.4 Å². The molecule has 3 aromatic rings. The Morgan fingerprint density at radius 3 is 2.07 bits per heavy atom. The number of carbonyl (C=O) groups excluding carboxylic acids is 1. The zero-order valence-corrected chi connectivity index (χ0v) is 16.2. The Morgan fingerprint density at radius 1 is 0.931 bits per heavy atom. The molecule has 0 atom stereocenters. The number of nitro groups is 1. The molecule has 6 heteroatoms. The number of carbonyl (C=O) groups is 1. The second-order valence-corrected chi connectivity index (χ2v) is 6.71. The van der Waals surface area contributed by atoms with Gasteiger partial charge in [-0.25, -0.2) is 0 Å². The lowest BCUT2D eigenvalue weighted by Crippen LogP contribution is -2.27. The lowest BCUT2D eigenvalue weighted by atomic mass is 9.98. The quantitative estimate of drug-likeness (QED) is 0.435. The first-order valence-corrected chi connectivity index (χ1v) is 9.43. The third-order valence-corrected chi connectivity index (χ3v) is 4.74. The van der Waals surface area contributed by atoms with Gasteiger partial charge in [0.1, 0.15) is 0 Å². The van der Waals surface area contributed by atoms with Crippen molar-refractivity contribution in [2.24, 2.45) is 0 Å². The van der Waals surface area contributed by atoms with E-state index in [9.17, 15) is 14.9 Å². The van der Waals surface area contributed by atoms with E-state index in [4.69, 9.17) is 0 Å². The fraction of sp³-hybridized carbons (Fsp3) is 0.174. The minimum atomic E-state index is -0.448. The van der Waals surface area contributed by atoms with Crippen LogP contribution in [0.25, 0.3) is 0 Å². The molecule has 0 unspecified atom stereocenters. The third-order valence-electron chi connectivity index (χ3n) is 4.74. The van der Waals surface area contributed by atoms with Gasteiger partial charge in [0.2, 0.25) is 5.91 Å². The second kappa shape index (κ2) is 9.61. The Kier molecular flexibility index (Phi) is 6.71. The number of nitro benzene ring substituents is 1. The molecule has 6 nitrogen and oxygen atoms in total. The number of rotatable bonds is 8. The zero-order chi connectivity index (χ0) is 20.6. The SMILES string of the molecule is Cc1c(NC(=O)CCNC(c2ccccc2)c2ccccc2)cccc1[N+](=O)[O-]. The summed E-state index contributed by atoms with van der Waals surface area (Å²) in [5.74, 6) is -0.194. The van der Waals surface area contributed by atoms with Crippen LogP contribution in [-0.4, -0.2) is 17.4 Å². The van der Waals surface area contributed by atoms with Crippen molar-refractivity contribution in [3.05, 3.63) is 106 Å². The van der Waals surface area contributed by atoms with E-state index in [2.05, 4.69) is 34.9 Å². The highest BCUT2D eigenvalue weighted by Crippen LogP contribution is 2.25. The molecule has 3 aromatic carbocycles. The van der Waals surface area contributed by atoms with Gasteiger partial charge in [0, 0.05) is 19.0 Å². The van der Waals surface area contributed by atoms with Crippen LogP contribution < -0.4 is 10.6 Å². The lowest BCUT2D eigenvalue weighted by molar-refractivity contribution is -0.385. The molecule has 1 amide bonds. The predicted molar refractivity (Wildman–Crippen MR) is 114 cm³/mol. The molecule has 2 N–H and O–H groups in total. The first kappa shape index (κ1) is 20.2. The zero-order valence-electron chi connectivity index (χ0n) is 16.2. The van der Waals surface area contributed by atoms with Crippen molar-refractivity contribution in [3.8, 4) is 0 Å². The van der Waals surface area contributed by atoms with E-state index < -0.39 is 4.92 Å². The first-order valence-electron chi connectivity index (χ1n) is 9.43. The number of benzene rings is 3. The normalized spacial score (nSPS) is 10.7. The smallest absolute Gasteiger partial charge is 0.274 e. The molecule has 0 heterocycles. The number of nitrogens with one attached hydrogen (secondary N) is 2. The molecule has 0 fully saturated rings. The monoisotopic (exact) mass is 389 g/mol. The number of amides is 1. The van der Waals surface area contributed by atoms with Crippen molar-refractivity contribution in [2.45, 2.75) is 19.4 Å². The van der Waals surface area contributed by atoms with Crippen LogP contribution in [0.4, 0.5) is 11.4 Å². The lowest BCUT2D eigenvalue weighted by Gasteiger charge is -2.20. The standard InChI is InChI=1S/C23H23N3O3/c1-17-20(13-8-14-21(17)26(28)29)25-22(27)15-16-24-23(18-9-4-2-5-10-18)19-11-6-3-7-12-19/h2-14,23-24H,15-16H2,1H3,(H,25,27). The summed E-state index contributed by atoms with van der Waals surface area (Å²) >= 11 is 0. The highest BCUT2D eigenvalue weighted by atomic mass is 16.6. The molecule has 0 aliphatic heterocycles. The van der Waals surface area contributed by atoms with Crippen molar-refractivity contribution in [2.75, 3.05) is 11.9 Å².